The third-order valence-corrected chi connectivity index (χ3v) is 6.47. The summed E-state index contributed by atoms with van der Waals surface area (Å²) < 4.78 is 10.9. The number of nitrogens with one attached hydrogen (secondary N) is 1. The minimum absolute atomic E-state index is 0.0427. The standard InChI is InChI=1S/C27H27NO3/c1-17(2)21-6-4-5-7-23(21)22-10-9-20(14-18(22)3)28-26(29)27(12-13-27)19-8-11-24-25(15-19)31-16-30-24/h4-11,14-15,17H,12-13,16H2,1-3H3,(H,28,29). The second-order valence-electron chi connectivity index (χ2n) is 8.88. The summed E-state index contributed by atoms with van der Waals surface area (Å²) in [5.41, 5.74) is 6.30. The Bertz CT molecular complexity index is 1160. The molecular formula is C27H27NO3. The highest BCUT2D eigenvalue weighted by atomic mass is 16.7. The molecule has 0 aromatic heterocycles. The second-order valence-corrected chi connectivity index (χ2v) is 8.88. The Morgan fingerprint density at radius 3 is 2.45 bits per heavy atom. The average molecular weight is 414 g/mol. The molecule has 0 atom stereocenters. The van der Waals surface area contributed by atoms with Crippen LogP contribution in [0.3, 0.4) is 0 Å². The third kappa shape index (κ3) is 3.46. The number of hydrogen-bond donors (Lipinski definition) is 1. The number of rotatable bonds is 5. The number of carbonyl (C=O) groups excluding carboxylic acids is 1. The fraction of sp³-hybridized carbons (Fsp3) is 0.296. The van der Waals surface area contributed by atoms with E-state index in [0.29, 0.717) is 5.92 Å². The minimum atomic E-state index is -0.474. The van der Waals surface area contributed by atoms with Crippen molar-refractivity contribution in [1.29, 1.82) is 0 Å². The molecule has 1 aliphatic heterocycles. The van der Waals surface area contributed by atoms with Crippen molar-refractivity contribution in [2.45, 2.75) is 44.9 Å². The molecule has 3 aromatic carbocycles. The van der Waals surface area contributed by atoms with E-state index in [1.54, 1.807) is 0 Å². The van der Waals surface area contributed by atoms with E-state index in [4.69, 9.17) is 9.47 Å². The molecule has 2 aliphatic rings. The predicted molar refractivity (Wildman–Crippen MR) is 123 cm³/mol. The molecule has 0 radical (unpaired) electrons. The molecule has 1 fully saturated rings. The van der Waals surface area contributed by atoms with Crippen LogP contribution in [-0.4, -0.2) is 12.7 Å². The molecule has 1 aliphatic carbocycles. The van der Waals surface area contributed by atoms with Gasteiger partial charge in [-0.3, -0.25) is 4.79 Å². The summed E-state index contributed by atoms with van der Waals surface area (Å²) in [6.45, 7) is 6.78. The zero-order valence-corrected chi connectivity index (χ0v) is 18.2. The largest absolute Gasteiger partial charge is 0.454 e. The maximum Gasteiger partial charge on any atom is 0.235 e. The lowest BCUT2D eigenvalue weighted by molar-refractivity contribution is -0.118. The van der Waals surface area contributed by atoms with Crippen molar-refractivity contribution in [3.63, 3.8) is 0 Å². The van der Waals surface area contributed by atoms with Crippen LogP contribution in [0.15, 0.2) is 60.7 Å². The molecule has 1 saturated carbocycles. The van der Waals surface area contributed by atoms with Crippen LogP contribution in [0.1, 0.15) is 49.3 Å². The van der Waals surface area contributed by atoms with E-state index < -0.39 is 5.41 Å². The van der Waals surface area contributed by atoms with E-state index in [-0.39, 0.29) is 12.7 Å². The van der Waals surface area contributed by atoms with E-state index in [0.717, 1.165) is 41.2 Å². The van der Waals surface area contributed by atoms with Gasteiger partial charge in [0.05, 0.1) is 5.41 Å². The topological polar surface area (TPSA) is 47.6 Å². The predicted octanol–water partition coefficient (Wildman–Crippen LogP) is 6.18. The van der Waals surface area contributed by atoms with Crippen LogP contribution in [-0.2, 0) is 10.2 Å². The fourth-order valence-corrected chi connectivity index (χ4v) is 4.51. The molecule has 0 spiro atoms. The highest BCUT2D eigenvalue weighted by Crippen LogP contribution is 2.51. The lowest BCUT2D eigenvalue weighted by Gasteiger charge is -2.18. The molecule has 4 nitrogen and oxygen atoms in total. The number of anilines is 1. The van der Waals surface area contributed by atoms with Gasteiger partial charge < -0.3 is 14.8 Å². The molecule has 3 aromatic rings. The van der Waals surface area contributed by atoms with Crippen LogP contribution in [0, 0.1) is 6.92 Å². The highest BCUT2D eigenvalue weighted by Gasteiger charge is 2.51. The Labute approximate surface area is 183 Å². The summed E-state index contributed by atoms with van der Waals surface area (Å²) in [4.78, 5) is 13.2. The van der Waals surface area contributed by atoms with E-state index in [1.807, 2.05) is 24.3 Å². The van der Waals surface area contributed by atoms with Gasteiger partial charge in [-0.05, 0) is 77.8 Å². The summed E-state index contributed by atoms with van der Waals surface area (Å²) in [6.07, 6.45) is 1.69. The molecular weight excluding hydrogens is 386 g/mol. The smallest absolute Gasteiger partial charge is 0.235 e. The van der Waals surface area contributed by atoms with Gasteiger partial charge >= 0.3 is 0 Å². The number of amides is 1. The molecule has 1 heterocycles. The van der Waals surface area contributed by atoms with Crippen molar-refractivity contribution in [3.8, 4) is 22.6 Å². The number of fused-ring (bicyclic) bond motifs is 1. The van der Waals surface area contributed by atoms with Gasteiger partial charge in [0.1, 0.15) is 0 Å². The summed E-state index contributed by atoms with van der Waals surface area (Å²) in [5.74, 6) is 1.96. The first-order valence-corrected chi connectivity index (χ1v) is 10.9. The van der Waals surface area contributed by atoms with Crippen LogP contribution in [0.2, 0.25) is 0 Å². The van der Waals surface area contributed by atoms with Gasteiger partial charge in [-0.1, -0.05) is 50.2 Å². The maximum absolute atomic E-state index is 13.2. The summed E-state index contributed by atoms with van der Waals surface area (Å²) in [7, 11) is 0. The summed E-state index contributed by atoms with van der Waals surface area (Å²) in [5, 5.41) is 3.16. The molecule has 5 rings (SSSR count). The van der Waals surface area contributed by atoms with Gasteiger partial charge in [0.25, 0.3) is 0 Å². The lowest BCUT2D eigenvalue weighted by Crippen LogP contribution is -2.27. The van der Waals surface area contributed by atoms with Gasteiger partial charge in [0.2, 0.25) is 12.7 Å². The van der Waals surface area contributed by atoms with Crippen LogP contribution < -0.4 is 14.8 Å². The van der Waals surface area contributed by atoms with E-state index in [1.165, 1.54) is 16.7 Å². The van der Waals surface area contributed by atoms with Gasteiger partial charge in [-0.2, -0.15) is 0 Å². The van der Waals surface area contributed by atoms with Crippen molar-refractivity contribution in [2.24, 2.45) is 0 Å². The van der Waals surface area contributed by atoms with Gasteiger partial charge in [0, 0.05) is 5.69 Å². The number of hydrogen-bond acceptors (Lipinski definition) is 3. The van der Waals surface area contributed by atoms with Gasteiger partial charge in [-0.15, -0.1) is 0 Å². The molecule has 0 unspecified atom stereocenters. The minimum Gasteiger partial charge on any atom is -0.454 e. The van der Waals surface area contributed by atoms with E-state index in [9.17, 15) is 4.79 Å². The van der Waals surface area contributed by atoms with E-state index >= 15 is 0 Å². The first-order valence-electron chi connectivity index (χ1n) is 10.9. The Morgan fingerprint density at radius 1 is 0.935 bits per heavy atom. The van der Waals surface area contributed by atoms with E-state index in [2.05, 4.69) is 62.5 Å². The molecule has 1 amide bonds. The van der Waals surface area contributed by atoms with Crippen molar-refractivity contribution < 1.29 is 14.3 Å². The number of aryl methyl sites for hydroxylation is 1. The van der Waals surface area contributed by atoms with Crippen molar-refractivity contribution in [2.75, 3.05) is 12.1 Å². The Kier molecular flexibility index (Phi) is 4.73. The average Bonchev–Trinajstić information content (AvgIpc) is 3.45. The zero-order valence-electron chi connectivity index (χ0n) is 18.2. The van der Waals surface area contributed by atoms with Crippen molar-refractivity contribution in [1.82, 2.24) is 0 Å². The first-order chi connectivity index (χ1) is 15.0. The SMILES string of the molecule is Cc1cc(NC(=O)C2(c3ccc4c(c3)OCO4)CC2)ccc1-c1ccccc1C(C)C. The summed E-state index contributed by atoms with van der Waals surface area (Å²) >= 11 is 0. The van der Waals surface area contributed by atoms with Crippen LogP contribution in [0.4, 0.5) is 5.69 Å². The molecule has 31 heavy (non-hydrogen) atoms. The lowest BCUT2D eigenvalue weighted by atomic mass is 9.90. The van der Waals surface area contributed by atoms with Crippen LogP contribution >= 0.6 is 0 Å². The Balaban J connectivity index is 1.39. The second kappa shape index (κ2) is 7.45. The Hall–Kier alpha value is -3.27. The van der Waals surface area contributed by atoms with Crippen molar-refractivity contribution >= 4 is 11.6 Å². The third-order valence-electron chi connectivity index (χ3n) is 6.47. The van der Waals surface area contributed by atoms with Gasteiger partial charge in [0.15, 0.2) is 11.5 Å². The normalized spacial score (nSPS) is 15.7. The molecule has 4 heteroatoms. The number of ether oxygens (including phenoxy) is 2. The number of benzene rings is 3. The first kappa shape index (κ1) is 19.7. The zero-order chi connectivity index (χ0) is 21.6. The molecule has 0 saturated heterocycles. The number of carbonyl (C=O) groups is 1. The highest BCUT2D eigenvalue weighted by molar-refractivity contribution is 6.01. The van der Waals surface area contributed by atoms with Crippen molar-refractivity contribution in [3.05, 3.63) is 77.4 Å². The maximum atomic E-state index is 13.2. The van der Waals surface area contributed by atoms with Crippen LogP contribution in [0.25, 0.3) is 11.1 Å². The molecule has 1 N–H and O–H groups in total. The molecule has 0 bridgehead atoms. The Morgan fingerprint density at radius 2 is 1.71 bits per heavy atom. The van der Waals surface area contributed by atoms with Gasteiger partial charge in [-0.25, -0.2) is 0 Å². The quantitative estimate of drug-likeness (QED) is 0.543. The monoisotopic (exact) mass is 413 g/mol. The molecule has 158 valence electrons. The fourth-order valence-electron chi connectivity index (χ4n) is 4.51. The summed E-state index contributed by atoms with van der Waals surface area (Å²) in [6, 6.07) is 20.6. The van der Waals surface area contributed by atoms with Crippen LogP contribution in [0.5, 0.6) is 11.5 Å².